The summed E-state index contributed by atoms with van der Waals surface area (Å²) in [6.07, 6.45) is 4.22. The molecule has 3 heteroatoms. The molecule has 1 aromatic carbocycles. The third-order valence-corrected chi connectivity index (χ3v) is 3.51. The number of rotatable bonds is 3. The monoisotopic (exact) mass is 219 g/mol. The number of para-hydroxylation sites is 1. The van der Waals surface area contributed by atoms with E-state index < -0.39 is 0 Å². The Morgan fingerprint density at radius 1 is 1.44 bits per heavy atom. The maximum atomic E-state index is 12.0. The Labute approximate surface area is 95.5 Å². The molecular formula is C13H17NO2. The first-order valence-electron chi connectivity index (χ1n) is 5.77. The van der Waals surface area contributed by atoms with E-state index in [1.165, 1.54) is 12.5 Å². The third-order valence-electron chi connectivity index (χ3n) is 3.51. The summed E-state index contributed by atoms with van der Waals surface area (Å²) < 4.78 is 0. The largest absolute Gasteiger partial charge is 0.507 e. The molecule has 0 bridgehead atoms. The molecule has 86 valence electrons. The molecule has 0 heterocycles. The van der Waals surface area contributed by atoms with Crippen molar-refractivity contribution in [2.75, 3.05) is 0 Å². The second kappa shape index (κ2) is 4.16. The Hall–Kier alpha value is -1.51. The van der Waals surface area contributed by atoms with Gasteiger partial charge in [-0.05, 0) is 37.8 Å². The zero-order valence-electron chi connectivity index (χ0n) is 9.49. The summed E-state index contributed by atoms with van der Waals surface area (Å²) in [4.78, 5) is 12.0. The quantitative estimate of drug-likeness (QED) is 0.820. The number of nitrogens with one attached hydrogen (secondary N) is 1. The van der Waals surface area contributed by atoms with E-state index in [2.05, 4.69) is 12.2 Å². The first-order chi connectivity index (χ1) is 7.67. The van der Waals surface area contributed by atoms with Gasteiger partial charge in [0.25, 0.3) is 5.91 Å². The van der Waals surface area contributed by atoms with Crippen molar-refractivity contribution in [3.8, 4) is 5.75 Å². The van der Waals surface area contributed by atoms with Crippen LogP contribution in [0.5, 0.6) is 5.75 Å². The van der Waals surface area contributed by atoms with Gasteiger partial charge >= 0.3 is 0 Å². The van der Waals surface area contributed by atoms with E-state index in [1.54, 1.807) is 18.2 Å². The molecule has 2 N–H and O–H groups in total. The van der Waals surface area contributed by atoms with Crippen LogP contribution < -0.4 is 5.32 Å². The Morgan fingerprint density at radius 2 is 2.12 bits per heavy atom. The van der Waals surface area contributed by atoms with Gasteiger partial charge < -0.3 is 10.4 Å². The van der Waals surface area contributed by atoms with Gasteiger partial charge in [-0.2, -0.15) is 0 Å². The Bertz CT molecular complexity index is 391. The highest BCUT2D eigenvalue weighted by Gasteiger charge is 2.36. The number of benzene rings is 1. The smallest absolute Gasteiger partial charge is 0.255 e. The number of hydrogen-bond donors (Lipinski definition) is 2. The predicted octanol–water partition coefficient (Wildman–Crippen LogP) is 2.45. The van der Waals surface area contributed by atoms with Crippen LogP contribution in [-0.4, -0.2) is 16.6 Å². The first kappa shape index (κ1) is 11.0. The van der Waals surface area contributed by atoms with Gasteiger partial charge in [0, 0.05) is 5.54 Å². The van der Waals surface area contributed by atoms with Gasteiger partial charge in [0.05, 0.1) is 5.56 Å². The van der Waals surface area contributed by atoms with E-state index >= 15 is 0 Å². The molecule has 1 aliphatic rings. The lowest BCUT2D eigenvalue weighted by molar-refractivity contribution is 0.0818. The van der Waals surface area contributed by atoms with E-state index in [9.17, 15) is 9.90 Å². The predicted molar refractivity (Wildman–Crippen MR) is 62.4 cm³/mol. The molecule has 16 heavy (non-hydrogen) atoms. The van der Waals surface area contributed by atoms with Crippen LogP contribution in [0.4, 0.5) is 0 Å². The van der Waals surface area contributed by atoms with E-state index in [1.807, 2.05) is 0 Å². The summed E-state index contributed by atoms with van der Waals surface area (Å²) in [7, 11) is 0. The van der Waals surface area contributed by atoms with E-state index in [0.29, 0.717) is 5.56 Å². The normalized spacial score (nSPS) is 17.6. The molecule has 0 unspecified atom stereocenters. The maximum Gasteiger partial charge on any atom is 0.255 e. The lowest BCUT2D eigenvalue weighted by atomic mass is 9.74. The average molecular weight is 219 g/mol. The second-order valence-corrected chi connectivity index (χ2v) is 4.46. The number of carbonyl (C=O) groups excluding carboxylic acids is 1. The second-order valence-electron chi connectivity index (χ2n) is 4.46. The zero-order chi connectivity index (χ0) is 11.6. The third kappa shape index (κ3) is 1.90. The Morgan fingerprint density at radius 3 is 2.62 bits per heavy atom. The van der Waals surface area contributed by atoms with Crippen LogP contribution in [0.25, 0.3) is 0 Å². The standard InChI is InChI=1S/C13H17NO2/c1-2-13(8-5-9-13)14-12(16)10-6-3-4-7-11(10)15/h3-4,6-7,15H,2,5,8-9H2,1H3,(H,14,16). The number of phenolic OH excluding ortho intramolecular Hbond substituents is 1. The molecule has 0 spiro atoms. The van der Waals surface area contributed by atoms with Gasteiger partial charge in [-0.1, -0.05) is 19.1 Å². The van der Waals surface area contributed by atoms with Crippen LogP contribution in [0.3, 0.4) is 0 Å². The summed E-state index contributed by atoms with van der Waals surface area (Å²) in [5.41, 5.74) is 0.335. The fourth-order valence-electron chi connectivity index (χ4n) is 2.14. The SMILES string of the molecule is CCC1(NC(=O)c2ccccc2O)CCC1. The van der Waals surface area contributed by atoms with Crippen molar-refractivity contribution >= 4 is 5.91 Å². The van der Waals surface area contributed by atoms with Crippen LogP contribution >= 0.6 is 0 Å². The number of phenols is 1. The molecule has 1 saturated carbocycles. The number of aromatic hydroxyl groups is 1. The molecule has 1 aliphatic carbocycles. The Kier molecular flexibility index (Phi) is 2.86. The molecular weight excluding hydrogens is 202 g/mol. The molecule has 0 aliphatic heterocycles. The summed E-state index contributed by atoms with van der Waals surface area (Å²) in [5.74, 6) is -0.120. The minimum Gasteiger partial charge on any atom is -0.507 e. The lowest BCUT2D eigenvalue weighted by Gasteiger charge is -2.42. The fourth-order valence-corrected chi connectivity index (χ4v) is 2.14. The molecule has 0 aromatic heterocycles. The molecule has 2 rings (SSSR count). The van der Waals surface area contributed by atoms with E-state index in [0.717, 1.165) is 19.3 Å². The highest BCUT2D eigenvalue weighted by Crippen LogP contribution is 2.35. The topological polar surface area (TPSA) is 49.3 Å². The van der Waals surface area contributed by atoms with Crippen molar-refractivity contribution < 1.29 is 9.90 Å². The van der Waals surface area contributed by atoms with Crippen molar-refractivity contribution in [1.29, 1.82) is 0 Å². The molecule has 0 radical (unpaired) electrons. The molecule has 1 aromatic rings. The van der Waals surface area contributed by atoms with Crippen molar-refractivity contribution in [1.82, 2.24) is 5.32 Å². The number of hydrogen-bond acceptors (Lipinski definition) is 2. The van der Waals surface area contributed by atoms with Gasteiger partial charge in [-0.25, -0.2) is 0 Å². The number of carbonyl (C=O) groups is 1. The van der Waals surface area contributed by atoms with Crippen molar-refractivity contribution in [2.45, 2.75) is 38.1 Å². The van der Waals surface area contributed by atoms with Crippen LogP contribution in [0.1, 0.15) is 43.0 Å². The average Bonchev–Trinajstić information content (AvgIpc) is 2.24. The van der Waals surface area contributed by atoms with Gasteiger partial charge in [0.2, 0.25) is 0 Å². The van der Waals surface area contributed by atoms with Crippen molar-refractivity contribution in [3.63, 3.8) is 0 Å². The lowest BCUT2D eigenvalue weighted by Crippen LogP contribution is -2.52. The maximum absolute atomic E-state index is 12.0. The Balaban J connectivity index is 2.11. The minimum absolute atomic E-state index is 0.0284. The van der Waals surface area contributed by atoms with Crippen LogP contribution in [-0.2, 0) is 0 Å². The van der Waals surface area contributed by atoms with Gasteiger partial charge in [-0.15, -0.1) is 0 Å². The van der Waals surface area contributed by atoms with Gasteiger partial charge in [-0.3, -0.25) is 4.79 Å². The zero-order valence-corrected chi connectivity index (χ0v) is 9.49. The highest BCUT2D eigenvalue weighted by atomic mass is 16.3. The summed E-state index contributed by atoms with van der Waals surface area (Å²) in [6.45, 7) is 2.09. The van der Waals surface area contributed by atoms with Crippen LogP contribution in [0, 0.1) is 0 Å². The minimum atomic E-state index is -0.167. The molecule has 1 amide bonds. The molecule has 0 atom stereocenters. The summed E-state index contributed by atoms with van der Waals surface area (Å²) in [6, 6.07) is 6.65. The van der Waals surface area contributed by atoms with E-state index in [4.69, 9.17) is 0 Å². The highest BCUT2D eigenvalue weighted by molar-refractivity contribution is 5.97. The van der Waals surface area contributed by atoms with Gasteiger partial charge in [0.15, 0.2) is 0 Å². The fraction of sp³-hybridized carbons (Fsp3) is 0.462. The molecule has 3 nitrogen and oxygen atoms in total. The molecule has 1 fully saturated rings. The molecule has 0 saturated heterocycles. The van der Waals surface area contributed by atoms with Crippen LogP contribution in [0.2, 0.25) is 0 Å². The van der Waals surface area contributed by atoms with E-state index in [-0.39, 0.29) is 17.2 Å². The van der Waals surface area contributed by atoms with Crippen molar-refractivity contribution in [2.24, 2.45) is 0 Å². The summed E-state index contributed by atoms with van der Waals surface area (Å²) in [5, 5.41) is 12.6. The number of amides is 1. The van der Waals surface area contributed by atoms with Gasteiger partial charge in [0.1, 0.15) is 5.75 Å². The summed E-state index contributed by atoms with van der Waals surface area (Å²) >= 11 is 0. The van der Waals surface area contributed by atoms with Crippen LogP contribution in [0.15, 0.2) is 24.3 Å². The first-order valence-corrected chi connectivity index (χ1v) is 5.77. The van der Waals surface area contributed by atoms with Crippen molar-refractivity contribution in [3.05, 3.63) is 29.8 Å².